The first-order chi connectivity index (χ1) is 13.2. The van der Waals surface area contributed by atoms with Crippen molar-refractivity contribution in [1.29, 1.82) is 0 Å². The van der Waals surface area contributed by atoms with Gasteiger partial charge in [0.15, 0.2) is 0 Å². The molecule has 3 heteroatoms. The summed E-state index contributed by atoms with van der Waals surface area (Å²) in [5, 5.41) is 0. The van der Waals surface area contributed by atoms with E-state index in [0.29, 0.717) is 23.6 Å². The summed E-state index contributed by atoms with van der Waals surface area (Å²) >= 11 is 0. The molecule has 0 bridgehead atoms. The van der Waals surface area contributed by atoms with E-state index in [9.17, 15) is 4.39 Å². The predicted octanol–water partition coefficient (Wildman–Crippen LogP) is 7.36. The van der Waals surface area contributed by atoms with Gasteiger partial charge in [-0.1, -0.05) is 64.9 Å². The van der Waals surface area contributed by atoms with Crippen molar-refractivity contribution in [1.82, 2.24) is 4.98 Å². The normalized spacial score (nSPS) is 10.9. The third kappa shape index (κ3) is 7.70. The predicted molar refractivity (Wildman–Crippen MR) is 112 cm³/mol. The van der Waals surface area contributed by atoms with Crippen LogP contribution in [0.4, 0.5) is 4.39 Å². The monoisotopic (exact) mass is 371 g/mol. The van der Waals surface area contributed by atoms with Gasteiger partial charge in [0.2, 0.25) is 0 Å². The van der Waals surface area contributed by atoms with E-state index in [1.165, 1.54) is 56.6 Å². The molecule has 1 aromatic carbocycles. The molecule has 0 amide bonds. The average Bonchev–Trinajstić information content (AvgIpc) is 2.68. The molecule has 0 unspecified atom stereocenters. The molecule has 0 radical (unpaired) electrons. The Hall–Kier alpha value is -1.90. The Kier molecular flexibility index (Phi) is 9.89. The van der Waals surface area contributed by atoms with Gasteiger partial charge in [0.1, 0.15) is 11.6 Å². The molecule has 2 nitrogen and oxygen atoms in total. The number of nitrogens with zero attached hydrogens (tertiary/aromatic N) is 1. The molecule has 27 heavy (non-hydrogen) atoms. The number of hydrogen-bond acceptors (Lipinski definition) is 2. The van der Waals surface area contributed by atoms with Gasteiger partial charge < -0.3 is 4.74 Å². The van der Waals surface area contributed by atoms with Gasteiger partial charge in [0.25, 0.3) is 0 Å². The summed E-state index contributed by atoms with van der Waals surface area (Å²) < 4.78 is 20.1. The minimum absolute atomic E-state index is 0.277. The molecule has 0 N–H and O–H groups in total. The summed E-state index contributed by atoms with van der Waals surface area (Å²) in [5.74, 6) is 0.317. The maximum Gasteiger partial charge on any atom is 0.136 e. The number of unbranched alkanes of at least 4 members (excludes halogenated alkanes) is 7. The van der Waals surface area contributed by atoms with Crippen molar-refractivity contribution in [3.63, 3.8) is 0 Å². The van der Waals surface area contributed by atoms with E-state index in [0.717, 1.165) is 19.3 Å². The number of hydrogen-bond donors (Lipinski definition) is 0. The zero-order chi connectivity index (χ0) is 19.3. The fourth-order valence-corrected chi connectivity index (χ4v) is 3.18. The Balaban J connectivity index is 1.86. The van der Waals surface area contributed by atoms with E-state index in [1.54, 1.807) is 6.07 Å². The number of halogens is 1. The van der Waals surface area contributed by atoms with Crippen LogP contribution in [0.25, 0.3) is 11.3 Å². The molecule has 0 saturated heterocycles. The summed E-state index contributed by atoms with van der Waals surface area (Å²) in [6, 6.07) is 9.06. The van der Waals surface area contributed by atoms with Gasteiger partial charge in [-0.2, -0.15) is 0 Å². The minimum atomic E-state index is -0.277. The van der Waals surface area contributed by atoms with Gasteiger partial charge in [-0.15, -0.1) is 0 Å². The summed E-state index contributed by atoms with van der Waals surface area (Å²) in [4.78, 5) is 4.47. The topological polar surface area (TPSA) is 22.1 Å². The van der Waals surface area contributed by atoms with Crippen LogP contribution in [0.2, 0.25) is 0 Å². The third-order valence-corrected chi connectivity index (χ3v) is 4.88. The molecular formula is C24H34FNO. The van der Waals surface area contributed by atoms with Crippen LogP contribution in [0.5, 0.6) is 5.75 Å². The molecule has 2 aromatic rings. The number of aryl methyl sites for hydroxylation is 1. The highest BCUT2D eigenvalue weighted by Gasteiger charge is 2.08. The van der Waals surface area contributed by atoms with Gasteiger partial charge >= 0.3 is 0 Å². The summed E-state index contributed by atoms with van der Waals surface area (Å²) in [5.41, 5.74) is 2.43. The Morgan fingerprint density at radius 2 is 1.59 bits per heavy atom. The standard InChI is InChI=1S/C24H34FNO/c1-3-5-7-9-10-12-20-13-16-24(26-19-20)22-15-14-21(18-23(22)25)27-17-11-8-6-4-2/h13-16,18-19H,3-12,17H2,1-2H3. The highest BCUT2D eigenvalue weighted by Crippen LogP contribution is 2.25. The summed E-state index contributed by atoms with van der Waals surface area (Å²) in [7, 11) is 0. The summed E-state index contributed by atoms with van der Waals surface area (Å²) in [6.45, 7) is 5.06. The van der Waals surface area contributed by atoms with E-state index in [1.807, 2.05) is 18.3 Å². The summed E-state index contributed by atoms with van der Waals surface area (Å²) in [6.07, 6.45) is 13.9. The first-order valence-electron chi connectivity index (χ1n) is 10.6. The molecule has 2 rings (SSSR count). The second-order valence-corrected chi connectivity index (χ2v) is 7.27. The highest BCUT2D eigenvalue weighted by atomic mass is 19.1. The molecular weight excluding hydrogens is 337 g/mol. The van der Waals surface area contributed by atoms with Crippen molar-refractivity contribution in [2.45, 2.75) is 78.1 Å². The Labute approximate surface area is 164 Å². The molecule has 0 spiro atoms. The number of ether oxygens (including phenoxy) is 1. The van der Waals surface area contributed by atoms with Crippen LogP contribution in [0.15, 0.2) is 36.5 Å². The second kappa shape index (κ2) is 12.5. The van der Waals surface area contributed by atoms with Crippen molar-refractivity contribution in [3.8, 4) is 17.0 Å². The molecule has 0 aliphatic heterocycles. The van der Waals surface area contributed by atoms with Crippen molar-refractivity contribution in [3.05, 3.63) is 47.9 Å². The first kappa shape index (κ1) is 21.4. The van der Waals surface area contributed by atoms with Gasteiger partial charge in [-0.25, -0.2) is 4.39 Å². The largest absolute Gasteiger partial charge is 0.493 e. The lowest BCUT2D eigenvalue weighted by atomic mass is 10.1. The molecule has 1 aromatic heterocycles. The van der Waals surface area contributed by atoms with Crippen LogP contribution in [0.3, 0.4) is 0 Å². The number of benzene rings is 1. The van der Waals surface area contributed by atoms with Gasteiger partial charge in [0, 0.05) is 17.8 Å². The van der Waals surface area contributed by atoms with Crippen LogP contribution in [-0.2, 0) is 6.42 Å². The lowest BCUT2D eigenvalue weighted by Gasteiger charge is -2.09. The quantitative estimate of drug-likeness (QED) is 0.343. The van der Waals surface area contributed by atoms with Crippen molar-refractivity contribution >= 4 is 0 Å². The van der Waals surface area contributed by atoms with E-state index < -0.39 is 0 Å². The molecule has 0 saturated carbocycles. The third-order valence-electron chi connectivity index (χ3n) is 4.88. The maximum absolute atomic E-state index is 14.5. The van der Waals surface area contributed by atoms with Crippen LogP contribution < -0.4 is 4.74 Å². The fraction of sp³-hybridized carbons (Fsp3) is 0.542. The van der Waals surface area contributed by atoms with E-state index >= 15 is 0 Å². The molecule has 0 aliphatic rings. The molecule has 1 heterocycles. The van der Waals surface area contributed by atoms with Gasteiger partial charge in [-0.05, 0) is 43.0 Å². The maximum atomic E-state index is 14.5. The number of rotatable bonds is 13. The molecule has 0 aliphatic carbocycles. The number of pyridine rings is 1. The van der Waals surface area contributed by atoms with Crippen LogP contribution in [0, 0.1) is 5.82 Å². The average molecular weight is 372 g/mol. The Morgan fingerprint density at radius 3 is 2.26 bits per heavy atom. The lowest BCUT2D eigenvalue weighted by Crippen LogP contribution is -1.98. The van der Waals surface area contributed by atoms with Crippen LogP contribution in [0.1, 0.15) is 77.2 Å². The zero-order valence-electron chi connectivity index (χ0n) is 17.0. The van der Waals surface area contributed by atoms with Crippen LogP contribution in [-0.4, -0.2) is 11.6 Å². The van der Waals surface area contributed by atoms with E-state index in [2.05, 4.69) is 24.9 Å². The first-order valence-corrected chi connectivity index (χ1v) is 10.6. The van der Waals surface area contributed by atoms with Crippen molar-refractivity contribution in [2.75, 3.05) is 6.61 Å². The van der Waals surface area contributed by atoms with Gasteiger partial charge in [-0.3, -0.25) is 4.98 Å². The second-order valence-electron chi connectivity index (χ2n) is 7.27. The van der Waals surface area contributed by atoms with Gasteiger partial charge in [0.05, 0.1) is 12.3 Å². The Morgan fingerprint density at radius 1 is 0.852 bits per heavy atom. The molecule has 148 valence electrons. The Bertz CT molecular complexity index is 654. The lowest BCUT2D eigenvalue weighted by molar-refractivity contribution is 0.303. The number of aromatic nitrogens is 1. The van der Waals surface area contributed by atoms with E-state index in [4.69, 9.17) is 4.74 Å². The minimum Gasteiger partial charge on any atom is -0.493 e. The van der Waals surface area contributed by atoms with Crippen LogP contribution >= 0.6 is 0 Å². The molecule has 0 atom stereocenters. The highest BCUT2D eigenvalue weighted by molar-refractivity contribution is 5.61. The zero-order valence-corrected chi connectivity index (χ0v) is 17.0. The smallest absolute Gasteiger partial charge is 0.136 e. The van der Waals surface area contributed by atoms with E-state index in [-0.39, 0.29) is 5.82 Å². The van der Waals surface area contributed by atoms with Crippen molar-refractivity contribution in [2.24, 2.45) is 0 Å². The molecule has 0 fully saturated rings. The SMILES string of the molecule is CCCCCCCc1ccc(-c2ccc(OCCCCCC)cc2F)nc1. The fourth-order valence-electron chi connectivity index (χ4n) is 3.18. The van der Waals surface area contributed by atoms with Crippen molar-refractivity contribution < 1.29 is 9.13 Å².